The van der Waals surface area contributed by atoms with Gasteiger partial charge in [-0.3, -0.25) is 9.59 Å². The molecule has 1 atom stereocenters. The van der Waals surface area contributed by atoms with Gasteiger partial charge in [0, 0.05) is 5.56 Å². The third kappa shape index (κ3) is 5.25. The molecular weight excluding hydrogens is 296 g/mol. The number of carbonyl (C=O) groups is 3. The minimum Gasteiger partial charge on any atom is -0.480 e. The summed E-state index contributed by atoms with van der Waals surface area (Å²) in [6, 6.07) is 7.46. The lowest BCUT2D eigenvalue weighted by molar-refractivity contribution is -0.142. The van der Waals surface area contributed by atoms with Crippen LogP contribution in [0.1, 0.15) is 38.1 Å². The molecule has 0 radical (unpaired) electrons. The Morgan fingerprint density at radius 1 is 1.04 bits per heavy atom. The predicted octanol–water partition coefficient (Wildman–Crippen LogP) is 1.94. The van der Waals surface area contributed by atoms with Gasteiger partial charge in [0.2, 0.25) is 0 Å². The molecule has 0 fully saturated rings. The summed E-state index contributed by atoms with van der Waals surface area (Å²) in [6.07, 6.45) is 0. The number of rotatable bonds is 6. The van der Waals surface area contributed by atoms with Crippen molar-refractivity contribution in [3.05, 3.63) is 47.2 Å². The molecule has 0 unspecified atom stereocenters. The van der Waals surface area contributed by atoms with Crippen LogP contribution < -0.4 is 10.6 Å². The number of carboxylic acids is 1. The SMILES string of the molecule is CC(C)=C(NC(=O)c1ccccc1)C(=O)N[C@@H](C(=O)O)C(C)C. The molecule has 2 amide bonds. The zero-order valence-corrected chi connectivity index (χ0v) is 13.7. The zero-order chi connectivity index (χ0) is 17.6. The first kappa shape index (κ1) is 18.4. The number of hydrogen-bond acceptors (Lipinski definition) is 3. The fraction of sp³-hybridized carbons (Fsp3) is 0.353. The highest BCUT2D eigenvalue weighted by Gasteiger charge is 2.26. The van der Waals surface area contributed by atoms with Gasteiger partial charge in [-0.05, 0) is 37.5 Å². The first-order chi connectivity index (χ1) is 10.7. The van der Waals surface area contributed by atoms with Crippen LogP contribution in [0.5, 0.6) is 0 Å². The molecule has 0 saturated heterocycles. The third-order valence-electron chi connectivity index (χ3n) is 3.22. The van der Waals surface area contributed by atoms with Gasteiger partial charge in [-0.15, -0.1) is 0 Å². The second-order valence-electron chi connectivity index (χ2n) is 5.73. The smallest absolute Gasteiger partial charge is 0.326 e. The van der Waals surface area contributed by atoms with E-state index in [2.05, 4.69) is 10.6 Å². The first-order valence-corrected chi connectivity index (χ1v) is 7.31. The second kappa shape index (κ2) is 8.12. The minimum absolute atomic E-state index is 0.0609. The highest BCUT2D eigenvalue weighted by Crippen LogP contribution is 2.07. The van der Waals surface area contributed by atoms with Crippen LogP contribution in [0.2, 0.25) is 0 Å². The van der Waals surface area contributed by atoms with Crippen LogP contribution in [0.15, 0.2) is 41.6 Å². The van der Waals surface area contributed by atoms with E-state index >= 15 is 0 Å². The summed E-state index contributed by atoms with van der Waals surface area (Å²) in [5.74, 6) is -2.43. The molecular formula is C17H22N2O4. The average Bonchev–Trinajstić information content (AvgIpc) is 2.49. The van der Waals surface area contributed by atoms with Crippen LogP contribution in [0.3, 0.4) is 0 Å². The average molecular weight is 318 g/mol. The van der Waals surface area contributed by atoms with Crippen LogP contribution in [0.4, 0.5) is 0 Å². The third-order valence-corrected chi connectivity index (χ3v) is 3.22. The molecule has 0 aliphatic heterocycles. The van der Waals surface area contributed by atoms with E-state index in [-0.39, 0.29) is 11.6 Å². The quantitative estimate of drug-likeness (QED) is 0.698. The van der Waals surface area contributed by atoms with Gasteiger partial charge in [-0.1, -0.05) is 32.0 Å². The van der Waals surface area contributed by atoms with Crippen molar-refractivity contribution in [2.24, 2.45) is 5.92 Å². The summed E-state index contributed by atoms with van der Waals surface area (Å²) >= 11 is 0. The number of benzene rings is 1. The van der Waals surface area contributed by atoms with Crippen molar-refractivity contribution in [3.63, 3.8) is 0 Å². The van der Waals surface area contributed by atoms with Gasteiger partial charge in [-0.2, -0.15) is 0 Å². The number of amides is 2. The summed E-state index contributed by atoms with van der Waals surface area (Å²) in [5, 5.41) is 14.1. The van der Waals surface area contributed by atoms with Crippen molar-refractivity contribution in [2.45, 2.75) is 33.7 Å². The molecule has 1 rings (SSSR count). The molecule has 6 nitrogen and oxygen atoms in total. The van der Waals surface area contributed by atoms with Gasteiger partial charge in [0.05, 0.1) is 0 Å². The largest absolute Gasteiger partial charge is 0.480 e. The predicted molar refractivity (Wildman–Crippen MR) is 86.7 cm³/mol. The van der Waals surface area contributed by atoms with E-state index in [0.717, 1.165) is 0 Å². The van der Waals surface area contributed by atoms with Crippen molar-refractivity contribution in [3.8, 4) is 0 Å². The lowest BCUT2D eigenvalue weighted by atomic mass is 10.0. The molecule has 23 heavy (non-hydrogen) atoms. The highest BCUT2D eigenvalue weighted by molar-refractivity contribution is 6.04. The van der Waals surface area contributed by atoms with Crippen molar-refractivity contribution >= 4 is 17.8 Å². The molecule has 0 bridgehead atoms. The van der Waals surface area contributed by atoms with E-state index in [0.29, 0.717) is 11.1 Å². The van der Waals surface area contributed by atoms with E-state index in [4.69, 9.17) is 5.11 Å². The van der Waals surface area contributed by atoms with Gasteiger partial charge < -0.3 is 15.7 Å². The Hall–Kier alpha value is -2.63. The molecule has 0 aromatic heterocycles. The molecule has 0 saturated carbocycles. The summed E-state index contributed by atoms with van der Waals surface area (Å²) in [5.41, 5.74) is 1.06. The number of carboxylic acid groups (broad SMARTS) is 1. The van der Waals surface area contributed by atoms with Gasteiger partial charge in [-0.25, -0.2) is 4.79 Å². The number of carbonyl (C=O) groups excluding carboxylic acids is 2. The lowest BCUT2D eigenvalue weighted by Gasteiger charge is -2.20. The number of allylic oxidation sites excluding steroid dienone is 1. The molecule has 0 spiro atoms. The number of hydrogen-bond donors (Lipinski definition) is 3. The Kier molecular flexibility index (Phi) is 6.50. The van der Waals surface area contributed by atoms with Crippen molar-refractivity contribution in [1.29, 1.82) is 0 Å². The van der Waals surface area contributed by atoms with Crippen LogP contribution in [-0.4, -0.2) is 28.9 Å². The summed E-state index contributed by atoms with van der Waals surface area (Å²) < 4.78 is 0. The highest BCUT2D eigenvalue weighted by atomic mass is 16.4. The van der Waals surface area contributed by atoms with Crippen molar-refractivity contribution in [2.75, 3.05) is 0 Å². The molecule has 1 aromatic carbocycles. The van der Waals surface area contributed by atoms with Crippen LogP contribution >= 0.6 is 0 Å². The Balaban J connectivity index is 2.91. The minimum atomic E-state index is -1.11. The van der Waals surface area contributed by atoms with Gasteiger partial charge >= 0.3 is 5.97 Å². The number of nitrogens with one attached hydrogen (secondary N) is 2. The lowest BCUT2D eigenvalue weighted by Crippen LogP contribution is -2.47. The normalized spacial score (nSPS) is 11.5. The molecule has 124 valence electrons. The number of aliphatic carboxylic acids is 1. The monoisotopic (exact) mass is 318 g/mol. The van der Waals surface area contributed by atoms with E-state index in [1.807, 2.05) is 0 Å². The van der Waals surface area contributed by atoms with E-state index in [1.165, 1.54) is 0 Å². The molecule has 0 heterocycles. The first-order valence-electron chi connectivity index (χ1n) is 7.31. The topological polar surface area (TPSA) is 95.5 Å². The summed E-state index contributed by atoms with van der Waals surface area (Å²) in [7, 11) is 0. The Morgan fingerprint density at radius 3 is 2.04 bits per heavy atom. The Labute approximate surface area is 135 Å². The van der Waals surface area contributed by atoms with Crippen LogP contribution in [0, 0.1) is 5.92 Å². The maximum absolute atomic E-state index is 12.3. The maximum atomic E-state index is 12.3. The Bertz CT molecular complexity index is 617. The molecule has 0 aliphatic rings. The van der Waals surface area contributed by atoms with E-state index in [1.54, 1.807) is 58.0 Å². The maximum Gasteiger partial charge on any atom is 0.326 e. The standard InChI is InChI=1S/C17H22N2O4/c1-10(2)13(16(21)19-14(11(3)4)17(22)23)18-15(20)12-8-6-5-7-9-12/h5-9,11,14H,1-4H3,(H,18,20)(H,19,21)(H,22,23)/t14-/m1/s1. The van der Waals surface area contributed by atoms with Gasteiger partial charge in [0.1, 0.15) is 11.7 Å². The Morgan fingerprint density at radius 2 is 1.61 bits per heavy atom. The molecule has 1 aromatic rings. The van der Waals surface area contributed by atoms with Gasteiger partial charge in [0.25, 0.3) is 11.8 Å². The second-order valence-corrected chi connectivity index (χ2v) is 5.73. The van der Waals surface area contributed by atoms with E-state index in [9.17, 15) is 14.4 Å². The van der Waals surface area contributed by atoms with Crippen LogP contribution in [-0.2, 0) is 9.59 Å². The molecule has 3 N–H and O–H groups in total. The van der Waals surface area contributed by atoms with Crippen molar-refractivity contribution < 1.29 is 19.5 Å². The van der Waals surface area contributed by atoms with E-state index < -0.39 is 23.8 Å². The fourth-order valence-electron chi connectivity index (χ4n) is 1.91. The van der Waals surface area contributed by atoms with Gasteiger partial charge in [0.15, 0.2) is 0 Å². The molecule has 0 aliphatic carbocycles. The fourth-order valence-corrected chi connectivity index (χ4v) is 1.91. The summed E-state index contributed by atoms with van der Waals surface area (Å²) in [4.78, 5) is 35.7. The summed E-state index contributed by atoms with van der Waals surface area (Å²) in [6.45, 7) is 6.74. The van der Waals surface area contributed by atoms with Crippen molar-refractivity contribution in [1.82, 2.24) is 10.6 Å². The van der Waals surface area contributed by atoms with Crippen LogP contribution in [0.25, 0.3) is 0 Å². The zero-order valence-electron chi connectivity index (χ0n) is 13.7. The molecule has 6 heteroatoms.